The Bertz CT molecular complexity index is 599. The number of hydrogen-bond donors (Lipinski definition) is 1. The lowest BCUT2D eigenvalue weighted by atomic mass is 10.2. The Labute approximate surface area is 125 Å². The van der Waals surface area contributed by atoms with E-state index < -0.39 is 10.0 Å². The molecule has 0 amide bonds. The maximum atomic E-state index is 12.8. The number of aromatic nitrogens is 1. The molecule has 0 radical (unpaired) electrons. The number of rotatable bonds is 5. The number of fused-ring (bicyclic) bond motifs is 2. The molecule has 6 nitrogen and oxygen atoms in total. The summed E-state index contributed by atoms with van der Waals surface area (Å²) in [4.78, 5) is 0.359. The predicted molar refractivity (Wildman–Crippen MR) is 79.3 cm³/mol. The molecule has 7 heteroatoms. The molecule has 0 aliphatic carbocycles. The molecule has 118 valence electrons. The summed E-state index contributed by atoms with van der Waals surface area (Å²) in [7, 11) is -3.44. The van der Waals surface area contributed by atoms with Gasteiger partial charge in [-0.2, -0.15) is 4.31 Å². The average molecular weight is 313 g/mol. The summed E-state index contributed by atoms with van der Waals surface area (Å²) >= 11 is 0. The van der Waals surface area contributed by atoms with Gasteiger partial charge >= 0.3 is 0 Å². The molecule has 3 rings (SSSR count). The highest BCUT2D eigenvalue weighted by Gasteiger charge is 2.39. The van der Waals surface area contributed by atoms with Crippen LogP contribution in [0.1, 0.15) is 31.9 Å². The maximum Gasteiger partial charge on any atom is 0.244 e. The van der Waals surface area contributed by atoms with E-state index >= 15 is 0 Å². The van der Waals surface area contributed by atoms with Crippen LogP contribution in [0.15, 0.2) is 17.2 Å². The van der Waals surface area contributed by atoms with Crippen LogP contribution in [0.25, 0.3) is 0 Å². The van der Waals surface area contributed by atoms with Crippen molar-refractivity contribution in [3.63, 3.8) is 0 Å². The van der Waals surface area contributed by atoms with Gasteiger partial charge in [0.1, 0.15) is 4.90 Å². The second kappa shape index (κ2) is 5.72. The third kappa shape index (κ3) is 2.75. The van der Waals surface area contributed by atoms with Crippen molar-refractivity contribution in [3.8, 4) is 0 Å². The standard InChI is InChI=1S/C14H23N3O3S/c1-2-5-16-10-14(6-11(16)7-15)21(18,19)17-8-12-3-4-13(9-17)20-12/h6,10,12-13H,2-5,7-9,15H2,1H3. The Hall–Kier alpha value is -0.890. The lowest BCUT2D eigenvalue weighted by molar-refractivity contribution is -0.0114. The van der Waals surface area contributed by atoms with Crippen LogP contribution >= 0.6 is 0 Å². The molecule has 0 saturated carbocycles. The van der Waals surface area contributed by atoms with Crippen LogP contribution in [-0.4, -0.2) is 42.6 Å². The van der Waals surface area contributed by atoms with Crippen LogP contribution in [0.3, 0.4) is 0 Å². The number of nitrogens with zero attached hydrogens (tertiary/aromatic N) is 2. The first-order valence-electron chi connectivity index (χ1n) is 7.59. The first kappa shape index (κ1) is 15.0. The van der Waals surface area contributed by atoms with E-state index in [1.807, 2.05) is 4.57 Å². The molecule has 1 aromatic rings. The maximum absolute atomic E-state index is 12.8. The van der Waals surface area contributed by atoms with Crippen LogP contribution in [0.2, 0.25) is 0 Å². The zero-order valence-corrected chi connectivity index (χ0v) is 13.2. The first-order chi connectivity index (χ1) is 10.0. The fraction of sp³-hybridized carbons (Fsp3) is 0.714. The number of morpholine rings is 1. The van der Waals surface area contributed by atoms with E-state index in [0.717, 1.165) is 31.5 Å². The summed E-state index contributed by atoms with van der Waals surface area (Å²) in [5.41, 5.74) is 6.59. The second-order valence-electron chi connectivity index (χ2n) is 5.84. The molecule has 2 unspecified atom stereocenters. The molecule has 2 aliphatic heterocycles. The van der Waals surface area contributed by atoms with Crippen LogP contribution in [0, 0.1) is 0 Å². The van der Waals surface area contributed by atoms with Gasteiger partial charge < -0.3 is 15.0 Å². The van der Waals surface area contributed by atoms with Crippen molar-refractivity contribution in [1.82, 2.24) is 8.87 Å². The molecular formula is C14H23N3O3S. The molecular weight excluding hydrogens is 290 g/mol. The molecule has 21 heavy (non-hydrogen) atoms. The van der Waals surface area contributed by atoms with Crippen molar-refractivity contribution in [1.29, 1.82) is 0 Å². The Kier molecular flexibility index (Phi) is 4.09. The van der Waals surface area contributed by atoms with Crippen molar-refractivity contribution < 1.29 is 13.2 Å². The quantitative estimate of drug-likeness (QED) is 0.876. The van der Waals surface area contributed by atoms with E-state index in [1.165, 1.54) is 0 Å². The van der Waals surface area contributed by atoms with E-state index in [-0.39, 0.29) is 12.2 Å². The Morgan fingerprint density at radius 1 is 1.33 bits per heavy atom. The summed E-state index contributed by atoms with van der Waals surface area (Å²) in [6, 6.07) is 1.71. The van der Waals surface area contributed by atoms with Gasteiger partial charge in [-0.25, -0.2) is 8.42 Å². The normalized spacial score (nSPS) is 26.4. The summed E-state index contributed by atoms with van der Waals surface area (Å²) in [5.74, 6) is 0. The molecule has 0 spiro atoms. The molecule has 2 bridgehead atoms. The molecule has 2 atom stereocenters. The molecule has 3 heterocycles. The molecule has 0 aromatic carbocycles. The Morgan fingerprint density at radius 2 is 2.00 bits per heavy atom. The van der Waals surface area contributed by atoms with Crippen molar-refractivity contribution in [2.24, 2.45) is 5.73 Å². The first-order valence-corrected chi connectivity index (χ1v) is 9.03. The smallest absolute Gasteiger partial charge is 0.244 e. The third-order valence-electron chi connectivity index (χ3n) is 4.28. The lowest BCUT2D eigenvalue weighted by Gasteiger charge is -2.30. The van der Waals surface area contributed by atoms with Crippen LogP contribution in [0.5, 0.6) is 0 Å². The largest absolute Gasteiger partial charge is 0.372 e. The Balaban J connectivity index is 1.87. The van der Waals surface area contributed by atoms with E-state index in [4.69, 9.17) is 10.5 Å². The van der Waals surface area contributed by atoms with Gasteiger partial charge in [-0.05, 0) is 25.3 Å². The van der Waals surface area contributed by atoms with Gasteiger partial charge in [0.25, 0.3) is 0 Å². The molecule has 2 fully saturated rings. The highest BCUT2D eigenvalue weighted by molar-refractivity contribution is 7.89. The minimum Gasteiger partial charge on any atom is -0.372 e. The summed E-state index contributed by atoms with van der Waals surface area (Å²) in [6.45, 7) is 4.14. The number of nitrogens with two attached hydrogens (primary N) is 1. The topological polar surface area (TPSA) is 77.6 Å². The zero-order valence-electron chi connectivity index (χ0n) is 12.4. The minimum absolute atomic E-state index is 0.0604. The fourth-order valence-electron chi connectivity index (χ4n) is 3.21. The van der Waals surface area contributed by atoms with E-state index in [0.29, 0.717) is 24.5 Å². The summed E-state index contributed by atoms with van der Waals surface area (Å²) in [6.07, 6.45) is 4.71. The number of ether oxygens (including phenoxy) is 1. The van der Waals surface area contributed by atoms with Crippen LogP contribution in [0.4, 0.5) is 0 Å². The fourth-order valence-corrected chi connectivity index (χ4v) is 4.78. The van der Waals surface area contributed by atoms with E-state index in [1.54, 1.807) is 16.6 Å². The van der Waals surface area contributed by atoms with Crippen molar-refractivity contribution in [2.75, 3.05) is 13.1 Å². The van der Waals surface area contributed by atoms with Gasteiger partial charge in [0.15, 0.2) is 0 Å². The predicted octanol–water partition coefficient (Wildman–Crippen LogP) is 0.909. The highest BCUT2D eigenvalue weighted by atomic mass is 32.2. The average Bonchev–Trinajstić information content (AvgIpc) is 3.03. The van der Waals surface area contributed by atoms with Crippen molar-refractivity contribution in [3.05, 3.63) is 18.0 Å². The van der Waals surface area contributed by atoms with Gasteiger partial charge in [-0.1, -0.05) is 6.92 Å². The third-order valence-corrected chi connectivity index (χ3v) is 6.08. The molecule has 2 saturated heterocycles. The molecule has 1 aromatic heterocycles. The number of aryl methyl sites for hydroxylation is 1. The second-order valence-corrected chi connectivity index (χ2v) is 7.78. The van der Waals surface area contributed by atoms with Crippen molar-refractivity contribution >= 4 is 10.0 Å². The van der Waals surface area contributed by atoms with Gasteiger partial charge in [-0.15, -0.1) is 0 Å². The SMILES string of the molecule is CCCn1cc(S(=O)(=O)N2CC3CCC(C2)O3)cc1CN. The van der Waals surface area contributed by atoms with Gasteiger partial charge in [-0.3, -0.25) is 0 Å². The van der Waals surface area contributed by atoms with E-state index in [2.05, 4.69) is 6.92 Å². The monoisotopic (exact) mass is 313 g/mol. The van der Waals surface area contributed by atoms with Crippen LogP contribution < -0.4 is 5.73 Å². The number of hydrogen-bond acceptors (Lipinski definition) is 4. The zero-order chi connectivity index (χ0) is 15.0. The summed E-state index contributed by atoms with van der Waals surface area (Å²) < 4.78 is 34.9. The lowest BCUT2D eigenvalue weighted by Crippen LogP contribution is -2.45. The minimum atomic E-state index is -3.44. The Morgan fingerprint density at radius 3 is 2.57 bits per heavy atom. The summed E-state index contributed by atoms with van der Waals surface area (Å²) in [5, 5.41) is 0. The van der Waals surface area contributed by atoms with Gasteiger partial charge in [0.2, 0.25) is 10.0 Å². The van der Waals surface area contributed by atoms with Gasteiger partial charge in [0.05, 0.1) is 12.2 Å². The number of sulfonamides is 1. The van der Waals surface area contributed by atoms with E-state index in [9.17, 15) is 8.42 Å². The molecule has 2 aliphatic rings. The molecule has 2 N–H and O–H groups in total. The van der Waals surface area contributed by atoms with Crippen molar-refractivity contribution in [2.45, 2.75) is 56.4 Å². The van der Waals surface area contributed by atoms with Crippen LogP contribution in [-0.2, 0) is 27.8 Å². The highest BCUT2D eigenvalue weighted by Crippen LogP contribution is 2.30. The van der Waals surface area contributed by atoms with Gasteiger partial charge in [0, 0.05) is 38.1 Å².